The maximum atomic E-state index is 12.3. The van der Waals surface area contributed by atoms with Gasteiger partial charge in [0.1, 0.15) is 17.0 Å². The fourth-order valence-electron chi connectivity index (χ4n) is 3.88. The number of phenols is 1. The molecule has 6 nitrogen and oxygen atoms in total. The molecular weight excluding hydrogens is 344 g/mol. The Morgan fingerprint density at radius 1 is 1.11 bits per heavy atom. The SMILES string of the molecule is CO[C@H]1CC[C@H](Oc2ccc(O)cc2-c2cn(C)c(=O)c3[nH]ccc23)CC1. The number of rotatable bonds is 4. The first-order valence-corrected chi connectivity index (χ1v) is 9.26. The minimum Gasteiger partial charge on any atom is -0.508 e. The molecule has 2 N–H and O–H groups in total. The fourth-order valence-corrected chi connectivity index (χ4v) is 3.88. The molecule has 142 valence electrons. The van der Waals surface area contributed by atoms with Crippen molar-refractivity contribution in [2.45, 2.75) is 37.9 Å². The van der Waals surface area contributed by atoms with Gasteiger partial charge in [0.05, 0.1) is 12.2 Å². The number of aromatic hydroxyl groups is 1. The zero-order chi connectivity index (χ0) is 19.0. The van der Waals surface area contributed by atoms with Crippen molar-refractivity contribution >= 4 is 10.9 Å². The monoisotopic (exact) mass is 368 g/mol. The third-order valence-corrected chi connectivity index (χ3v) is 5.40. The van der Waals surface area contributed by atoms with Crippen molar-refractivity contribution in [2.75, 3.05) is 7.11 Å². The smallest absolute Gasteiger partial charge is 0.274 e. The molecule has 4 rings (SSSR count). The quantitative estimate of drug-likeness (QED) is 0.738. The van der Waals surface area contributed by atoms with Gasteiger partial charge in [0.2, 0.25) is 0 Å². The Morgan fingerprint density at radius 3 is 2.59 bits per heavy atom. The van der Waals surface area contributed by atoms with Crippen molar-refractivity contribution in [3.05, 3.63) is 47.0 Å². The van der Waals surface area contributed by atoms with E-state index in [2.05, 4.69) is 4.98 Å². The van der Waals surface area contributed by atoms with Gasteiger partial charge in [0, 0.05) is 43.1 Å². The van der Waals surface area contributed by atoms with E-state index in [9.17, 15) is 9.90 Å². The number of nitrogens with zero attached hydrogens (tertiary/aromatic N) is 1. The van der Waals surface area contributed by atoms with Crippen LogP contribution in [-0.4, -0.2) is 34.0 Å². The number of benzene rings is 1. The number of ether oxygens (including phenoxy) is 2. The highest BCUT2D eigenvalue weighted by Gasteiger charge is 2.23. The van der Waals surface area contributed by atoms with Gasteiger partial charge in [-0.1, -0.05) is 0 Å². The molecule has 2 aromatic heterocycles. The molecule has 0 bridgehead atoms. The lowest BCUT2D eigenvalue weighted by Gasteiger charge is -2.29. The highest BCUT2D eigenvalue weighted by molar-refractivity contribution is 5.96. The lowest BCUT2D eigenvalue weighted by atomic mass is 9.94. The van der Waals surface area contributed by atoms with Crippen LogP contribution in [0.1, 0.15) is 25.7 Å². The van der Waals surface area contributed by atoms with E-state index in [4.69, 9.17) is 9.47 Å². The minimum absolute atomic E-state index is 0.0840. The summed E-state index contributed by atoms with van der Waals surface area (Å²) >= 11 is 0. The van der Waals surface area contributed by atoms with Gasteiger partial charge >= 0.3 is 0 Å². The summed E-state index contributed by atoms with van der Waals surface area (Å²) in [6.07, 6.45) is 7.82. The predicted octanol–water partition coefficient (Wildman–Crippen LogP) is 3.58. The Hall–Kier alpha value is -2.73. The summed E-state index contributed by atoms with van der Waals surface area (Å²) in [5.41, 5.74) is 2.10. The summed E-state index contributed by atoms with van der Waals surface area (Å²) < 4.78 is 13.3. The van der Waals surface area contributed by atoms with Crippen molar-refractivity contribution < 1.29 is 14.6 Å². The molecule has 27 heavy (non-hydrogen) atoms. The van der Waals surface area contributed by atoms with Gasteiger partial charge in [-0.15, -0.1) is 0 Å². The molecule has 0 aliphatic heterocycles. The van der Waals surface area contributed by atoms with E-state index in [1.165, 1.54) is 0 Å². The maximum absolute atomic E-state index is 12.3. The first-order valence-electron chi connectivity index (χ1n) is 9.26. The number of fused-ring (bicyclic) bond motifs is 1. The highest BCUT2D eigenvalue weighted by atomic mass is 16.5. The summed E-state index contributed by atoms with van der Waals surface area (Å²) in [5.74, 6) is 0.882. The molecule has 0 radical (unpaired) electrons. The number of H-pyrrole nitrogens is 1. The maximum Gasteiger partial charge on any atom is 0.274 e. The zero-order valence-corrected chi connectivity index (χ0v) is 15.6. The minimum atomic E-state index is -0.0840. The molecule has 1 fully saturated rings. The lowest BCUT2D eigenvalue weighted by molar-refractivity contribution is 0.0329. The van der Waals surface area contributed by atoms with Crippen molar-refractivity contribution in [1.82, 2.24) is 9.55 Å². The van der Waals surface area contributed by atoms with Crippen LogP contribution in [0.4, 0.5) is 0 Å². The van der Waals surface area contributed by atoms with Crippen molar-refractivity contribution in [3.63, 3.8) is 0 Å². The lowest BCUT2D eigenvalue weighted by Crippen LogP contribution is -2.27. The van der Waals surface area contributed by atoms with Crippen molar-refractivity contribution in [3.8, 4) is 22.6 Å². The largest absolute Gasteiger partial charge is 0.508 e. The summed E-state index contributed by atoms with van der Waals surface area (Å²) in [6.45, 7) is 0. The number of aryl methyl sites for hydroxylation is 1. The molecule has 0 saturated heterocycles. The molecule has 0 atom stereocenters. The second-order valence-corrected chi connectivity index (χ2v) is 7.16. The van der Waals surface area contributed by atoms with Crippen LogP contribution in [-0.2, 0) is 11.8 Å². The summed E-state index contributed by atoms with van der Waals surface area (Å²) in [6, 6.07) is 7.01. The number of aromatic amines is 1. The molecule has 1 aliphatic rings. The van der Waals surface area contributed by atoms with Crippen LogP contribution in [0.25, 0.3) is 22.0 Å². The molecular formula is C21H24N2O4. The summed E-state index contributed by atoms with van der Waals surface area (Å²) in [7, 11) is 3.48. The van der Waals surface area contributed by atoms with E-state index in [0.717, 1.165) is 47.9 Å². The number of nitrogens with one attached hydrogen (secondary N) is 1. The normalized spacial score (nSPS) is 20.1. The standard InChI is InChI=1S/C21H24N2O4/c1-23-12-18(16-9-10-22-20(16)21(23)25)17-11-13(24)3-8-19(17)27-15-6-4-14(26-2)5-7-15/h3,8-12,14-15,22,24H,4-7H2,1-2H3/t14-,15-. The second-order valence-electron chi connectivity index (χ2n) is 7.16. The van der Waals surface area contributed by atoms with E-state index < -0.39 is 0 Å². The molecule has 1 aliphatic carbocycles. The molecule has 0 amide bonds. The number of aromatic nitrogens is 2. The molecule has 1 saturated carbocycles. The van der Waals surface area contributed by atoms with Crippen molar-refractivity contribution in [2.24, 2.45) is 7.05 Å². The number of hydrogen-bond donors (Lipinski definition) is 2. The first kappa shape index (κ1) is 17.7. The van der Waals surface area contributed by atoms with Crippen LogP contribution in [0.2, 0.25) is 0 Å². The molecule has 1 aromatic carbocycles. The van der Waals surface area contributed by atoms with Gasteiger partial charge in [0.15, 0.2) is 0 Å². The Bertz CT molecular complexity index is 1010. The Morgan fingerprint density at radius 2 is 1.85 bits per heavy atom. The fraction of sp³-hybridized carbons (Fsp3) is 0.381. The third-order valence-electron chi connectivity index (χ3n) is 5.40. The van der Waals surface area contributed by atoms with Gasteiger partial charge < -0.3 is 24.1 Å². The van der Waals surface area contributed by atoms with Gasteiger partial charge in [0.25, 0.3) is 5.56 Å². The topological polar surface area (TPSA) is 76.5 Å². The van der Waals surface area contributed by atoms with E-state index in [0.29, 0.717) is 11.6 Å². The van der Waals surface area contributed by atoms with Gasteiger partial charge in [-0.3, -0.25) is 4.79 Å². The molecule has 0 spiro atoms. The first-order chi connectivity index (χ1) is 13.1. The zero-order valence-electron chi connectivity index (χ0n) is 15.6. The summed E-state index contributed by atoms with van der Waals surface area (Å²) in [5, 5.41) is 10.9. The Kier molecular flexibility index (Phi) is 4.66. The molecule has 3 aromatic rings. The number of hydrogen-bond acceptors (Lipinski definition) is 4. The van der Waals surface area contributed by atoms with E-state index in [1.807, 2.05) is 6.07 Å². The van der Waals surface area contributed by atoms with Gasteiger partial charge in [-0.05, 0) is 49.9 Å². The number of methoxy groups -OCH3 is 1. The Labute approximate surface area is 157 Å². The predicted molar refractivity (Wildman–Crippen MR) is 104 cm³/mol. The van der Waals surface area contributed by atoms with E-state index >= 15 is 0 Å². The Balaban J connectivity index is 1.74. The highest BCUT2D eigenvalue weighted by Crippen LogP contribution is 2.38. The van der Waals surface area contributed by atoms with Crippen molar-refractivity contribution in [1.29, 1.82) is 0 Å². The summed E-state index contributed by atoms with van der Waals surface area (Å²) in [4.78, 5) is 15.4. The van der Waals surface area contributed by atoms with Crippen LogP contribution in [0.5, 0.6) is 11.5 Å². The average Bonchev–Trinajstić information content (AvgIpc) is 3.17. The molecule has 6 heteroatoms. The average molecular weight is 368 g/mol. The van der Waals surface area contributed by atoms with Gasteiger partial charge in [-0.25, -0.2) is 0 Å². The third kappa shape index (κ3) is 3.32. The van der Waals surface area contributed by atoms with Crippen LogP contribution < -0.4 is 10.3 Å². The van der Waals surface area contributed by atoms with Crippen LogP contribution in [0.3, 0.4) is 0 Å². The number of pyridine rings is 1. The van der Waals surface area contributed by atoms with Gasteiger partial charge in [-0.2, -0.15) is 0 Å². The second kappa shape index (κ2) is 7.12. The number of phenolic OH excluding ortho intramolecular Hbond substituents is 1. The van der Waals surface area contributed by atoms with Crippen LogP contribution in [0, 0.1) is 0 Å². The molecule has 0 unspecified atom stereocenters. The van der Waals surface area contributed by atoms with Crippen LogP contribution in [0.15, 0.2) is 41.5 Å². The molecule has 2 heterocycles. The van der Waals surface area contributed by atoms with Crippen LogP contribution >= 0.6 is 0 Å². The van der Waals surface area contributed by atoms with E-state index in [1.54, 1.807) is 49.3 Å². The van der Waals surface area contributed by atoms with E-state index in [-0.39, 0.29) is 17.4 Å².